The number of aliphatic hydroxyl groups is 2. The van der Waals surface area contributed by atoms with Gasteiger partial charge in [0.25, 0.3) is 0 Å². The van der Waals surface area contributed by atoms with E-state index < -0.39 is 18.9 Å². The van der Waals surface area contributed by atoms with Gasteiger partial charge in [-0.1, -0.05) is 0 Å². The van der Waals surface area contributed by atoms with Crippen LogP contribution in [0.15, 0.2) is 48.5 Å². The highest BCUT2D eigenvalue weighted by Gasteiger charge is 2.11. The molecule has 5 nitrogen and oxygen atoms in total. The number of aliphatic hydroxyl groups excluding tert-OH is 2. The molecule has 2 aromatic carbocycles. The molecule has 0 aliphatic carbocycles. The monoisotopic (exact) mass is 382 g/mol. The van der Waals surface area contributed by atoms with Gasteiger partial charge in [-0.25, -0.2) is 4.39 Å². The van der Waals surface area contributed by atoms with E-state index in [1.165, 1.54) is 0 Å². The van der Waals surface area contributed by atoms with Crippen LogP contribution in [0, 0.1) is 0 Å². The third-order valence-electron chi connectivity index (χ3n) is 3.47. The fourth-order valence-electron chi connectivity index (χ4n) is 2.05. The van der Waals surface area contributed by atoms with Crippen LogP contribution in [0.25, 0.3) is 0 Å². The highest BCUT2D eigenvalue weighted by atomic mass is 35.5. The Kier molecular flexibility index (Phi) is 7.84. The maximum Gasteiger partial charge on any atom is 0.193 e. The van der Waals surface area contributed by atoms with Gasteiger partial charge in [0, 0.05) is 11.1 Å². The van der Waals surface area contributed by atoms with E-state index in [1.807, 2.05) is 0 Å². The van der Waals surface area contributed by atoms with E-state index in [9.17, 15) is 14.3 Å². The van der Waals surface area contributed by atoms with Crippen LogP contribution in [-0.2, 0) is 0 Å². The van der Waals surface area contributed by atoms with Gasteiger partial charge in [0.15, 0.2) is 5.78 Å². The van der Waals surface area contributed by atoms with Crippen molar-refractivity contribution in [2.75, 3.05) is 25.8 Å². The van der Waals surface area contributed by atoms with Crippen molar-refractivity contribution in [2.24, 2.45) is 0 Å². The normalized spacial score (nSPS) is 13.1. The summed E-state index contributed by atoms with van der Waals surface area (Å²) < 4.78 is 22.8. The molecule has 7 heteroatoms. The molecule has 0 heterocycles. The summed E-state index contributed by atoms with van der Waals surface area (Å²) in [5.74, 6) is 0.882. The molecule has 0 aliphatic rings. The highest BCUT2D eigenvalue weighted by molar-refractivity contribution is 6.18. The Bertz CT molecular complexity index is 631. The molecular weight excluding hydrogens is 363 g/mol. The first-order valence-corrected chi connectivity index (χ1v) is 8.55. The summed E-state index contributed by atoms with van der Waals surface area (Å²) in [5, 5.41) is 18.5. The van der Waals surface area contributed by atoms with Crippen molar-refractivity contribution in [1.29, 1.82) is 0 Å². The third kappa shape index (κ3) is 5.98. The lowest BCUT2D eigenvalue weighted by Gasteiger charge is -2.10. The van der Waals surface area contributed by atoms with Crippen molar-refractivity contribution in [1.82, 2.24) is 0 Å². The third-order valence-corrected chi connectivity index (χ3v) is 3.83. The molecule has 0 spiro atoms. The number of hydrogen-bond acceptors (Lipinski definition) is 5. The lowest BCUT2D eigenvalue weighted by Crippen LogP contribution is -2.19. The zero-order valence-electron chi connectivity index (χ0n) is 14.0. The van der Waals surface area contributed by atoms with Crippen LogP contribution < -0.4 is 9.47 Å². The predicted molar refractivity (Wildman–Crippen MR) is 96.0 cm³/mol. The molecular formula is C19H20ClFO5. The molecule has 2 rings (SSSR count). The van der Waals surface area contributed by atoms with Crippen molar-refractivity contribution >= 4 is 17.4 Å². The molecule has 0 radical (unpaired) electrons. The number of hydrogen-bond donors (Lipinski definition) is 2. The minimum absolute atomic E-state index is 0.0787. The summed E-state index contributed by atoms with van der Waals surface area (Å²) in [4.78, 5) is 12.5. The number of carbonyl (C=O) groups excluding carboxylic acids is 1. The molecule has 0 fully saturated rings. The van der Waals surface area contributed by atoms with Crippen molar-refractivity contribution in [3.05, 3.63) is 59.7 Å². The zero-order valence-corrected chi connectivity index (χ0v) is 14.7. The van der Waals surface area contributed by atoms with Gasteiger partial charge in [0.05, 0.1) is 5.88 Å². The van der Waals surface area contributed by atoms with Crippen LogP contribution in [0.3, 0.4) is 0 Å². The Morgan fingerprint density at radius 1 is 0.885 bits per heavy atom. The van der Waals surface area contributed by atoms with E-state index in [0.717, 1.165) is 0 Å². The van der Waals surface area contributed by atoms with Crippen LogP contribution in [0.5, 0.6) is 11.5 Å². The molecule has 140 valence electrons. The fraction of sp³-hybridized carbons (Fsp3) is 0.316. The summed E-state index contributed by atoms with van der Waals surface area (Å²) in [6.07, 6.45) is -1.91. The van der Waals surface area contributed by atoms with Crippen molar-refractivity contribution < 1.29 is 28.9 Å². The Morgan fingerprint density at radius 2 is 1.31 bits per heavy atom. The van der Waals surface area contributed by atoms with Gasteiger partial charge in [-0.3, -0.25) is 4.79 Å². The van der Waals surface area contributed by atoms with Crippen molar-refractivity contribution in [2.45, 2.75) is 12.2 Å². The summed E-state index contributed by atoms with van der Waals surface area (Å²) in [6, 6.07) is 12.9. The van der Waals surface area contributed by atoms with Gasteiger partial charge in [0.2, 0.25) is 0 Å². The fourth-order valence-corrected chi connectivity index (χ4v) is 2.13. The lowest BCUT2D eigenvalue weighted by atomic mass is 10.0. The second-order valence-electron chi connectivity index (χ2n) is 5.62. The quantitative estimate of drug-likeness (QED) is 0.488. The zero-order chi connectivity index (χ0) is 18.9. The van der Waals surface area contributed by atoms with E-state index in [1.54, 1.807) is 48.5 Å². The van der Waals surface area contributed by atoms with E-state index >= 15 is 0 Å². The maximum atomic E-state index is 12.5. The number of rotatable bonds is 10. The van der Waals surface area contributed by atoms with Gasteiger partial charge in [-0.05, 0) is 48.5 Å². The standard InChI is InChI=1S/C19H20ClFO5/c20-9-15(22)11-25-17-5-1-13(2-6-17)19(24)14-3-7-18(8-4-14)26-12-16(23)10-21/h1-8,15-16,22-23H,9-12H2/t15-,16-/m0/s1. The predicted octanol–water partition coefficient (Wildman–Crippen LogP) is 2.61. The molecule has 0 aliphatic heterocycles. The molecule has 2 aromatic rings. The van der Waals surface area contributed by atoms with E-state index in [4.69, 9.17) is 26.2 Å². The van der Waals surface area contributed by atoms with Gasteiger partial charge < -0.3 is 19.7 Å². The minimum Gasteiger partial charge on any atom is -0.491 e. The first-order valence-electron chi connectivity index (χ1n) is 8.02. The maximum absolute atomic E-state index is 12.5. The molecule has 0 aromatic heterocycles. The van der Waals surface area contributed by atoms with Gasteiger partial charge in [0.1, 0.15) is 43.6 Å². The Morgan fingerprint density at radius 3 is 1.69 bits per heavy atom. The summed E-state index contributed by atoms with van der Waals surface area (Å²) in [5.41, 5.74) is 0.950. The molecule has 2 atom stereocenters. The number of alkyl halides is 2. The van der Waals surface area contributed by atoms with Crippen LogP contribution in [0.4, 0.5) is 4.39 Å². The van der Waals surface area contributed by atoms with Gasteiger partial charge in [-0.2, -0.15) is 0 Å². The molecule has 0 saturated heterocycles. The largest absolute Gasteiger partial charge is 0.491 e. The van der Waals surface area contributed by atoms with Crippen LogP contribution >= 0.6 is 11.6 Å². The highest BCUT2D eigenvalue weighted by Crippen LogP contribution is 2.18. The SMILES string of the molecule is O=C(c1ccc(OC[C@@H](O)CF)cc1)c1ccc(OC[C@@H](O)CCl)cc1. The average molecular weight is 383 g/mol. The smallest absolute Gasteiger partial charge is 0.193 e. The van der Waals surface area contributed by atoms with Crippen molar-refractivity contribution in [3.8, 4) is 11.5 Å². The number of benzene rings is 2. The first kappa shape index (κ1) is 20.2. The minimum atomic E-state index is -1.16. The van der Waals surface area contributed by atoms with Crippen LogP contribution in [-0.4, -0.2) is 54.0 Å². The van der Waals surface area contributed by atoms with Gasteiger partial charge >= 0.3 is 0 Å². The number of ketones is 1. The first-order chi connectivity index (χ1) is 12.5. The second kappa shape index (κ2) is 10.1. The Balaban J connectivity index is 1.95. The topological polar surface area (TPSA) is 76.0 Å². The van der Waals surface area contributed by atoms with Crippen LogP contribution in [0.1, 0.15) is 15.9 Å². The molecule has 0 saturated carbocycles. The van der Waals surface area contributed by atoms with E-state index in [2.05, 4.69) is 0 Å². The number of ether oxygens (including phenoxy) is 2. The average Bonchev–Trinajstić information content (AvgIpc) is 2.70. The second-order valence-corrected chi connectivity index (χ2v) is 5.92. The van der Waals surface area contributed by atoms with Crippen molar-refractivity contribution in [3.63, 3.8) is 0 Å². The van der Waals surface area contributed by atoms with E-state index in [-0.39, 0.29) is 24.9 Å². The molecule has 0 unspecified atom stereocenters. The summed E-state index contributed by atoms with van der Waals surface area (Å²) in [7, 11) is 0. The Hall–Kier alpha value is -2.15. The number of carbonyl (C=O) groups is 1. The molecule has 26 heavy (non-hydrogen) atoms. The lowest BCUT2D eigenvalue weighted by molar-refractivity contribution is 0.0841. The number of halogens is 2. The van der Waals surface area contributed by atoms with E-state index in [0.29, 0.717) is 22.6 Å². The molecule has 2 N–H and O–H groups in total. The molecule has 0 amide bonds. The molecule has 0 bridgehead atoms. The van der Waals surface area contributed by atoms with Gasteiger partial charge in [-0.15, -0.1) is 11.6 Å². The summed E-state index contributed by atoms with van der Waals surface area (Å²) >= 11 is 5.49. The Labute approximate surface area is 155 Å². The van der Waals surface area contributed by atoms with Crippen LogP contribution in [0.2, 0.25) is 0 Å². The summed E-state index contributed by atoms with van der Waals surface area (Å²) in [6.45, 7) is -0.944.